The molecule has 1 amide bonds. The number of nitrogens with zero attached hydrogens (tertiary/aromatic N) is 1. The van der Waals surface area contributed by atoms with Gasteiger partial charge in [-0.1, -0.05) is 31.2 Å². The van der Waals surface area contributed by atoms with Crippen LogP contribution >= 0.6 is 0 Å². The van der Waals surface area contributed by atoms with Gasteiger partial charge in [-0.05, 0) is 18.9 Å². The molecule has 0 bridgehead atoms. The van der Waals surface area contributed by atoms with Gasteiger partial charge in [0.25, 0.3) is 0 Å². The van der Waals surface area contributed by atoms with Crippen molar-refractivity contribution in [2.45, 2.75) is 32.7 Å². The van der Waals surface area contributed by atoms with Crippen LogP contribution in [0, 0.1) is 0 Å². The van der Waals surface area contributed by atoms with E-state index in [0.29, 0.717) is 19.5 Å². The van der Waals surface area contributed by atoms with Gasteiger partial charge in [-0.2, -0.15) is 0 Å². The first-order chi connectivity index (χ1) is 9.61. The lowest BCUT2D eigenvalue weighted by Crippen LogP contribution is -2.41. The first-order valence-corrected chi connectivity index (χ1v) is 7.25. The fourth-order valence-corrected chi connectivity index (χ4v) is 2.48. The van der Waals surface area contributed by atoms with Crippen LogP contribution in [0.3, 0.4) is 0 Å². The van der Waals surface area contributed by atoms with Crippen molar-refractivity contribution in [3.8, 4) is 0 Å². The molecule has 1 aliphatic heterocycles. The van der Waals surface area contributed by atoms with Gasteiger partial charge in [0, 0.05) is 31.6 Å². The molecule has 4 heteroatoms. The first-order valence-electron chi connectivity index (χ1n) is 7.25. The van der Waals surface area contributed by atoms with Gasteiger partial charge in [0.1, 0.15) is 0 Å². The monoisotopic (exact) mass is 274 g/mol. The number of benzene rings is 1. The highest BCUT2D eigenvalue weighted by atomic mass is 16.1. The number of hydrogen-bond donors (Lipinski definition) is 1. The Kier molecular flexibility index (Phi) is 4.90. The van der Waals surface area contributed by atoms with Crippen LogP contribution in [0.25, 0.3) is 0 Å². The number of Topliss-reactive ketones (excluding diaryl/α,β-unsaturated/α-hetero) is 1. The van der Waals surface area contributed by atoms with E-state index in [1.807, 2.05) is 31.2 Å². The summed E-state index contributed by atoms with van der Waals surface area (Å²) in [5.74, 6) is 0.196. The third-order valence-corrected chi connectivity index (χ3v) is 3.92. The van der Waals surface area contributed by atoms with E-state index in [-0.39, 0.29) is 17.7 Å². The Labute approximate surface area is 120 Å². The fourth-order valence-electron chi connectivity index (χ4n) is 2.48. The van der Waals surface area contributed by atoms with E-state index in [2.05, 4.69) is 17.1 Å². The number of nitrogens with one attached hydrogen (secondary N) is 1. The predicted octanol–water partition coefficient (Wildman–Crippen LogP) is 1.64. The van der Waals surface area contributed by atoms with Crippen LogP contribution in [0.1, 0.15) is 36.2 Å². The summed E-state index contributed by atoms with van der Waals surface area (Å²) in [5, 5.41) is 2.83. The topological polar surface area (TPSA) is 49.4 Å². The Bertz CT molecular complexity index is 482. The number of carbonyl (C=O) groups excluding carboxylic acids is 2. The maximum absolute atomic E-state index is 12.5. The van der Waals surface area contributed by atoms with Gasteiger partial charge >= 0.3 is 0 Å². The summed E-state index contributed by atoms with van der Waals surface area (Å²) >= 11 is 0. The van der Waals surface area contributed by atoms with Gasteiger partial charge in [-0.3, -0.25) is 14.5 Å². The summed E-state index contributed by atoms with van der Waals surface area (Å²) in [5.41, 5.74) is 1.98. The quantitative estimate of drug-likeness (QED) is 0.849. The highest BCUT2D eigenvalue weighted by Gasteiger charge is 2.24. The molecular formula is C16H22N2O2. The molecule has 0 radical (unpaired) electrons. The van der Waals surface area contributed by atoms with E-state index >= 15 is 0 Å². The zero-order chi connectivity index (χ0) is 14.5. The van der Waals surface area contributed by atoms with Crippen LogP contribution in [-0.4, -0.2) is 42.3 Å². The molecule has 0 aromatic heterocycles. The second kappa shape index (κ2) is 6.66. The number of ketones is 1. The largest absolute Gasteiger partial charge is 0.355 e. The molecule has 1 unspecified atom stereocenters. The van der Waals surface area contributed by atoms with Crippen LogP contribution in [0.5, 0.6) is 0 Å². The second-order valence-corrected chi connectivity index (χ2v) is 5.23. The lowest BCUT2D eigenvalue weighted by atomic mass is 10.0. The first kappa shape index (κ1) is 14.7. The minimum Gasteiger partial charge on any atom is -0.355 e. The molecule has 0 spiro atoms. The van der Waals surface area contributed by atoms with E-state index in [1.165, 1.54) is 5.56 Å². The average molecular weight is 274 g/mol. The lowest BCUT2D eigenvalue weighted by molar-refractivity contribution is -0.120. The predicted molar refractivity (Wildman–Crippen MR) is 78.8 cm³/mol. The van der Waals surface area contributed by atoms with Gasteiger partial charge in [-0.15, -0.1) is 0 Å². The Balaban J connectivity index is 2.04. The molecule has 0 aliphatic carbocycles. The van der Waals surface area contributed by atoms with Crippen molar-refractivity contribution >= 4 is 11.7 Å². The summed E-state index contributed by atoms with van der Waals surface area (Å²) in [6.07, 6.45) is 1.44. The number of aryl methyl sites for hydroxylation is 1. The van der Waals surface area contributed by atoms with Crippen molar-refractivity contribution in [3.63, 3.8) is 0 Å². The van der Waals surface area contributed by atoms with E-state index in [0.717, 1.165) is 18.5 Å². The van der Waals surface area contributed by atoms with Crippen molar-refractivity contribution in [3.05, 3.63) is 35.4 Å². The molecule has 0 saturated carbocycles. The molecule has 1 aliphatic rings. The smallest absolute Gasteiger partial charge is 0.221 e. The summed E-state index contributed by atoms with van der Waals surface area (Å²) in [6, 6.07) is 7.63. The number of amides is 1. The summed E-state index contributed by atoms with van der Waals surface area (Å²) in [7, 11) is 0. The molecular weight excluding hydrogens is 252 g/mol. The zero-order valence-electron chi connectivity index (χ0n) is 12.2. The lowest BCUT2D eigenvalue weighted by Gasteiger charge is -2.25. The van der Waals surface area contributed by atoms with E-state index in [4.69, 9.17) is 0 Å². The van der Waals surface area contributed by atoms with Gasteiger partial charge in [0.05, 0.1) is 6.04 Å². The Morgan fingerprint density at radius 1 is 1.30 bits per heavy atom. The second-order valence-electron chi connectivity index (χ2n) is 5.23. The highest BCUT2D eigenvalue weighted by molar-refractivity contribution is 5.99. The van der Waals surface area contributed by atoms with Crippen molar-refractivity contribution in [1.29, 1.82) is 0 Å². The van der Waals surface area contributed by atoms with E-state index < -0.39 is 0 Å². The van der Waals surface area contributed by atoms with Gasteiger partial charge < -0.3 is 5.32 Å². The van der Waals surface area contributed by atoms with Crippen molar-refractivity contribution in [1.82, 2.24) is 10.2 Å². The Morgan fingerprint density at radius 2 is 2.00 bits per heavy atom. The van der Waals surface area contributed by atoms with Crippen LogP contribution in [0.4, 0.5) is 0 Å². The molecule has 20 heavy (non-hydrogen) atoms. The number of hydrogen-bond acceptors (Lipinski definition) is 3. The number of carbonyl (C=O) groups is 2. The minimum absolute atomic E-state index is 0.0689. The third-order valence-electron chi connectivity index (χ3n) is 3.92. The summed E-state index contributed by atoms with van der Waals surface area (Å²) in [6.45, 7) is 6.01. The van der Waals surface area contributed by atoms with Crippen molar-refractivity contribution < 1.29 is 9.59 Å². The van der Waals surface area contributed by atoms with Gasteiger partial charge in [-0.25, -0.2) is 0 Å². The Hall–Kier alpha value is -1.68. The summed E-state index contributed by atoms with van der Waals surface area (Å²) in [4.78, 5) is 25.9. The Morgan fingerprint density at radius 3 is 2.65 bits per heavy atom. The van der Waals surface area contributed by atoms with Crippen LogP contribution in [-0.2, 0) is 11.2 Å². The molecule has 1 heterocycles. The van der Waals surface area contributed by atoms with Gasteiger partial charge in [0.2, 0.25) is 5.91 Å². The van der Waals surface area contributed by atoms with E-state index in [1.54, 1.807) is 0 Å². The van der Waals surface area contributed by atoms with Crippen LogP contribution in [0.2, 0.25) is 0 Å². The average Bonchev–Trinajstić information content (AvgIpc) is 2.70. The standard InChI is InChI=1S/C16H22N2O2/c1-3-13-4-6-14(7-5-13)16(20)12(2)18-10-8-15(19)17-9-11-18/h4-7,12H,3,8-11H2,1-2H3,(H,17,19). The van der Waals surface area contributed by atoms with Gasteiger partial charge in [0.15, 0.2) is 5.78 Å². The number of rotatable bonds is 4. The van der Waals surface area contributed by atoms with Crippen LogP contribution < -0.4 is 5.32 Å². The summed E-state index contributed by atoms with van der Waals surface area (Å²) < 4.78 is 0. The molecule has 1 saturated heterocycles. The molecule has 4 nitrogen and oxygen atoms in total. The normalized spacial score (nSPS) is 18.2. The molecule has 1 N–H and O–H groups in total. The van der Waals surface area contributed by atoms with E-state index in [9.17, 15) is 9.59 Å². The molecule has 1 atom stereocenters. The van der Waals surface area contributed by atoms with Crippen molar-refractivity contribution in [2.75, 3.05) is 19.6 Å². The third kappa shape index (κ3) is 3.45. The van der Waals surface area contributed by atoms with Crippen molar-refractivity contribution in [2.24, 2.45) is 0 Å². The maximum atomic E-state index is 12.5. The molecule has 1 aromatic rings. The molecule has 1 fully saturated rings. The molecule has 1 aromatic carbocycles. The molecule has 2 rings (SSSR count). The zero-order valence-corrected chi connectivity index (χ0v) is 12.2. The SMILES string of the molecule is CCc1ccc(C(=O)C(C)N2CCNC(=O)CC2)cc1. The molecule has 108 valence electrons. The minimum atomic E-state index is -0.185. The highest BCUT2D eigenvalue weighted by Crippen LogP contribution is 2.12. The fraction of sp³-hybridized carbons (Fsp3) is 0.500. The van der Waals surface area contributed by atoms with Crippen LogP contribution in [0.15, 0.2) is 24.3 Å². The maximum Gasteiger partial charge on any atom is 0.221 e.